The van der Waals surface area contributed by atoms with Crippen molar-refractivity contribution >= 4 is 0 Å². The van der Waals surface area contributed by atoms with Crippen LogP contribution in [-0.4, -0.2) is 16.0 Å². The summed E-state index contributed by atoms with van der Waals surface area (Å²) >= 11 is 0. The third kappa shape index (κ3) is 2.25. The van der Waals surface area contributed by atoms with E-state index in [9.17, 15) is 13.2 Å². The zero-order chi connectivity index (χ0) is 9.19. The van der Waals surface area contributed by atoms with Crippen LogP contribution in [0.25, 0.3) is 0 Å². The van der Waals surface area contributed by atoms with Crippen molar-refractivity contribution in [2.24, 2.45) is 0 Å². The summed E-state index contributed by atoms with van der Waals surface area (Å²) in [5.74, 6) is 0. The molecular formula is C7H9F3N2. The molecule has 1 rings (SSSR count). The number of rotatable bonds is 2. The first kappa shape index (κ1) is 9.09. The number of hydrogen-bond donors (Lipinski definition) is 0. The maximum Gasteiger partial charge on any atom is 0.408 e. The molecule has 0 unspecified atom stereocenters. The van der Waals surface area contributed by atoms with Crippen molar-refractivity contribution in [1.82, 2.24) is 9.78 Å². The van der Waals surface area contributed by atoms with Crippen molar-refractivity contribution in [3.8, 4) is 0 Å². The summed E-state index contributed by atoms with van der Waals surface area (Å²) in [5.41, 5.74) is 0.604. The van der Waals surface area contributed by atoms with Gasteiger partial charge in [0.1, 0.15) is 6.54 Å². The number of alkyl halides is 3. The van der Waals surface area contributed by atoms with Gasteiger partial charge in [0, 0.05) is 11.9 Å². The van der Waals surface area contributed by atoms with Gasteiger partial charge < -0.3 is 0 Å². The molecule has 0 aliphatic heterocycles. The molecule has 0 aromatic carbocycles. The summed E-state index contributed by atoms with van der Waals surface area (Å²) in [6, 6.07) is 1.59. The second-order valence-electron chi connectivity index (χ2n) is 2.45. The Morgan fingerprint density at radius 2 is 2.17 bits per heavy atom. The fourth-order valence-electron chi connectivity index (χ4n) is 0.973. The first-order valence-electron chi connectivity index (χ1n) is 3.60. The van der Waals surface area contributed by atoms with Crippen LogP contribution < -0.4 is 0 Å². The van der Waals surface area contributed by atoms with Gasteiger partial charge in [0.15, 0.2) is 0 Å². The van der Waals surface area contributed by atoms with E-state index in [-0.39, 0.29) is 0 Å². The number of hydrogen-bond acceptors (Lipinski definition) is 1. The lowest BCUT2D eigenvalue weighted by atomic mass is 10.3. The second kappa shape index (κ2) is 3.16. The average molecular weight is 178 g/mol. The summed E-state index contributed by atoms with van der Waals surface area (Å²) in [7, 11) is 0. The molecule has 1 aromatic rings. The van der Waals surface area contributed by atoms with Crippen LogP contribution in [0.3, 0.4) is 0 Å². The minimum atomic E-state index is -4.18. The Hall–Kier alpha value is -1.00. The number of halogens is 3. The average Bonchev–Trinajstić information content (AvgIpc) is 2.31. The van der Waals surface area contributed by atoms with Crippen LogP contribution in [0.5, 0.6) is 0 Å². The van der Waals surface area contributed by atoms with Gasteiger partial charge in [0.25, 0.3) is 0 Å². The van der Waals surface area contributed by atoms with Gasteiger partial charge in [-0.1, -0.05) is 6.92 Å². The van der Waals surface area contributed by atoms with Crippen LogP contribution in [0.15, 0.2) is 12.3 Å². The van der Waals surface area contributed by atoms with Gasteiger partial charge in [-0.3, -0.25) is 4.68 Å². The topological polar surface area (TPSA) is 17.8 Å². The quantitative estimate of drug-likeness (QED) is 0.677. The first-order valence-corrected chi connectivity index (χ1v) is 3.60. The smallest absolute Gasteiger partial charge is 0.260 e. The van der Waals surface area contributed by atoms with E-state index in [1.54, 1.807) is 13.0 Å². The molecule has 5 heteroatoms. The standard InChI is InChI=1S/C7H9F3N2/c1-2-6-3-4-11-12(6)5-7(8,9)10/h3-4H,2,5H2,1H3. The van der Waals surface area contributed by atoms with Crippen molar-refractivity contribution in [3.05, 3.63) is 18.0 Å². The molecule has 0 radical (unpaired) electrons. The Morgan fingerprint density at radius 3 is 2.67 bits per heavy atom. The molecule has 1 aromatic heterocycles. The van der Waals surface area contributed by atoms with E-state index in [0.717, 1.165) is 4.68 Å². The van der Waals surface area contributed by atoms with Crippen LogP contribution in [0.1, 0.15) is 12.6 Å². The molecule has 0 saturated carbocycles. The Labute approximate surface area is 68.0 Å². The predicted octanol–water partition coefficient (Wildman–Crippen LogP) is 2.01. The molecule has 0 fully saturated rings. The third-order valence-electron chi connectivity index (χ3n) is 1.50. The van der Waals surface area contributed by atoms with Crippen molar-refractivity contribution in [1.29, 1.82) is 0 Å². The molecule has 12 heavy (non-hydrogen) atoms. The van der Waals surface area contributed by atoms with E-state index in [1.165, 1.54) is 6.20 Å². The first-order chi connectivity index (χ1) is 5.53. The molecule has 0 N–H and O–H groups in total. The SMILES string of the molecule is CCc1ccnn1CC(F)(F)F. The van der Waals surface area contributed by atoms with E-state index in [4.69, 9.17) is 0 Å². The van der Waals surface area contributed by atoms with Gasteiger partial charge in [-0.15, -0.1) is 0 Å². The Morgan fingerprint density at radius 1 is 1.50 bits per heavy atom. The second-order valence-corrected chi connectivity index (χ2v) is 2.45. The Bertz CT molecular complexity index is 251. The normalized spacial score (nSPS) is 12.0. The van der Waals surface area contributed by atoms with Crippen molar-refractivity contribution in [2.75, 3.05) is 0 Å². The number of aryl methyl sites for hydroxylation is 1. The van der Waals surface area contributed by atoms with Crippen LogP contribution in [0.4, 0.5) is 13.2 Å². The van der Waals surface area contributed by atoms with Crippen LogP contribution >= 0.6 is 0 Å². The fourth-order valence-corrected chi connectivity index (χ4v) is 0.973. The lowest BCUT2D eigenvalue weighted by molar-refractivity contribution is -0.143. The molecule has 0 bridgehead atoms. The lowest BCUT2D eigenvalue weighted by Gasteiger charge is -2.08. The molecule has 0 atom stereocenters. The number of nitrogens with zero attached hydrogens (tertiary/aromatic N) is 2. The largest absolute Gasteiger partial charge is 0.408 e. The molecular weight excluding hydrogens is 169 g/mol. The molecule has 68 valence electrons. The van der Waals surface area contributed by atoms with Crippen LogP contribution in [0.2, 0.25) is 0 Å². The van der Waals surface area contributed by atoms with Crippen molar-refractivity contribution < 1.29 is 13.2 Å². The van der Waals surface area contributed by atoms with Crippen molar-refractivity contribution in [2.45, 2.75) is 26.1 Å². The van der Waals surface area contributed by atoms with E-state index >= 15 is 0 Å². The maximum absolute atomic E-state index is 11.9. The highest BCUT2D eigenvalue weighted by Crippen LogP contribution is 2.17. The monoisotopic (exact) mass is 178 g/mol. The molecule has 0 aliphatic carbocycles. The summed E-state index contributed by atoms with van der Waals surface area (Å²) in [6.07, 6.45) is -2.24. The number of aromatic nitrogens is 2. The van der Waals surface area contributed by atoms with Gasteiger partial charge in [-0.2, -0.15) is 18.3 Å². The van der Waals surface area contributed by atoms with Crippen LogP contribution in [-0.2, 0) is 13.0 Å². The zero-order valence-corrected chi connectivity index (χ0v) is 6.60. The van der Waals surface area contributed by atoms with Crippen molar-refractivity contribution in [3.63, 3.8) is 0 Å². The molecule has 0 aliphatic rings. The van der Waals surface area contributed by atoms with Crippen LogP contribution in [0, 0.1) is 0 Å². The highest BCUT2D eigenvalue weighted by Gasteiger charge is 2.28. The molecule has 2 nitrogen and oxygen atoms in total. The zero-order valence-electron chi connectivity index (χ0n) is 6.60. The highest BCUT2D eigenvalue weighted by molar-refractivity contribution is 4.99. The maximum atomic E-state index is 11.9. The van der Waals surface area contributed by atoms with E-state index < -0.39 is 12.7 Å². The Balaban J connectivity index is 2.75. The van der Waals surface area contributed by atoms with Gasteiger partial charge in [-0.05, 0) is 12.5 Å². The predicted molar refractivity (Wildman–Crippen MR) is 37.7 cm³/mol. The minimum Gasteiger partial charge on any atom is -0.260 e. The Kier molecular flexibility index (Phi) is 2.40. The summed E-state index contributed by atoms with van der Waals surface area (Å²) < 4.78 is 36.6. The highest BCUT2D eigenvalue weighted by atomic mass is 19.4. The summed E-state index contributed by atoms with van der Waals surface area (Å²) in [6.45, 7) is 0.799. The fraction of sp³-hybridized carbons (Fsp3) is 0.571. The molecule has 0 saturated heterocycles. The lowest BCUT2D eigenvalue weighted by Crippen LogP contribution is -2.20. The summed E-state index contributed by atoms with van der Waals surface area (Å²) in [5, 5.41) is 3.57. The van der Waals surface area contributed by atoms with Gasteiger partial charge in [0.2, 0.25) is 0 Å². The van der Waals surface area contributed by atoms with E-state index in [2.05, 4.69) is 5.10 Å². The molecule has 0 spiro atoms. The van der Waals surface area contributed by atoms with E-state index in [0.29, 0.717) is 12.1 Å². The van der Waals surface area contributed by atoms with Gasteiger partial charge >= 0.3 is 6.18 Å². The molecule has 1 heterocycles. The minimum absolute atomic E-state index is 0.566. The van der Waals surface area contributed by atoms with E-state index in [1.807, 2.05) is 0 Å². The molecule has 0 amide bonds. The van der Waals surface area contributed by atoms with Gasteiger partial charge in [0.05, 0.1) is 0 Å². The third-order valence-corrected chi connectivity index (χ3v) is 1.50. The van der Waals surface area contributed by atoms with Gasteiger partial charge in [-0.25, -0.2) is 0 Å². The summed E-state index contributed by atoms with van der Waals surface area (Å²) in [4.78, 5) is 0.